The molecule has 0 unspecified atom stereocenters. The van der Waals surface area contributed by atoms with Crippen molar-refractivity contribution in [2.75, 3.05) is 0 Å². The van der Waals surface area contributed by atoms with Gasteiger partial charge in [-0.15, -0.1) is 12.6 Å². The van der Waals surface area contributed by atoms with Crippen LogP contribution in [0.3, 0.4) is 0 Å². The number of carbonyl (C=O) groups is 1. The molecule has 52 valence electrons. The summed E-state index contributed by atoms with van der Waals surface area (Å²) in [6.45, 7) is 1.89. The summed E-state index contributed by atoms with van der Waals surface area (Å²) < 4.78 is 0. The summed E-state index contributed by atoms with van der Waals surface area (Å²) in [5, 5.41) is 0. The Labute approximate surface area is 65.5 Å². The van der Waals surface area contributed by atoms with Crippen LogP contribution in [0.15, 0.2) is 23.1 Å². The molecule has 0 saturated carbocycles. The van der Waals surface area contributed by atoms with Gasteiger partial charge >= 0.3 is 0 Å². The molecule has 0 amide bonds. The molecule has 10 heavy (non-hydrogen) atoms. The Morgan fingerprint density at radius 3 is 2.70 bits per heavy atom. The largest absolute Gasteiger partial charge is 0.298 e. The van der Waals surface area contributed by atoms with E-state index in [0.29, 0.717) is 0 Å². The summed E-state index contributed by atoms with van der Waals surface area (Å²) in [4.78, 5) is 11.2. The van der Waals surface area contributed by atoms with Crippen molar-refractivity contribution in [1.29, 1.82) is 0 Å². The topological polar surface area (TPSA) is 17.1 Å². The maximum Gasteiger partial charge on any atom is 0.150 e. The van der Waals surface area contributed by atoms with E-state index < -0.39 is 0 Å². The fraction of sp³-hybridized carbons (Fsp3) is 0.125. The number of hydrogen-bond donors (Lipinski definition) is 1. The Balaban J connectivity index is 3.19. The van der Waals surface area contributed by atoms with Gasteiger partial charge in [-0.1, -0.05) is 6.07 Å². The summed E-state index contributed by atoms with van der Waals surface area (Å²) in [5.74, 6) is 0. The maximum atomic E-state index is 10.3. The first-order valence-corrected chi connectivity index (χ1v) is 3.43. The minimum atomic E-state index is 0.734. The van der Waals surface area contributed by atoms with Crippen LogP contribution in [-0.4, -0.2) is 6.29 Å². The quantitative estimate of drug-likeness (QED) is 0.481. The van der Waals surface area contributed by atoms with Crippen LogP contribution in [0.1, 0.15) is 15.9 Å². The molecule has 0 radical (unpaired) electrons. The van der Waals surface area contributed by atoms with Crippen LogP contribution in [0.25, 0.3) is 0 Å². The Kier molecular flexibility index (Phi) is 2.12. The van der Waals surface area contributed by atoms with Crippen LogP contribution < -0.4 is 0 Å². The first-order valence-electron chi connectivity index (χ1n) is 2.99. The van der Waals surface area contributed by atoms with Crippen LogP contribution in [0.2, 0.25) is 0 Å². The van der Waals surface area contributed by atoms with Crippen molar-refractivity contribution in [1.82, 2.24) is 0 Å². The van der Waals surface area contributed by atoms with Gasteiger partial charge in [-0.05, 0) is 24.6 Å². The molecular formula is C8H8OS. The summed E-state index contributed by atoms with van der Waals surface area (Å²) in [7, 11) is 0. The highest BCUT2D eigenvalue weighted by Crippen LogP contribution is 2.11. The normalized spacial score (nSPS) is 9.40. The van der Waals surface area contributed by atoms with Gasteiger partial charge < -0.3 is 0 Å². The SMILES string of the molecule is Cc1cc(S)ccc1C=O. The zero-order chi connectivity index (χ0) is 7.56. The predicted molar refractivity (Wildman–Crippen MR) is 43.8 cm³/mol. The van der Waals surface area contributed by atoms with E-state index in [1.165, 1.54) is 0 Å². The average Bonchev–Trinajstić information content (AvgIpc) is 1.88. The number of carbonyl (C=O) groups excluding carboxylic acids is 1. The lowest BCUT2D eigenvalue weighted by Gasteiger charge is -1.96. The lowest BCUT2D eigenvalue weighted by Crippen LogP contribution is -1.84. The van der Waals surface area contributed by atoms with Gasteiger partial charge in [0.05, 0.1) is 0 Å². The molecule has 0 N–H and O–H groups in total. The molecule has 1 nitrogen and oxygen atoms in total. The highest BCUT2D eigenvalue weighted by Gasteiger charge is 1.94. The first kappa shape index (κ1) is 7.35. The lowest BCUT2D eigenvalue weighted by molar-refractivity contribution is 0.112. The molecule has 1 rings (SSSR count). The van der Waals surface area contributed by atoms with Gasteiger partial charge in [0.15, 0.2) is 0 Å². The van der Waals surface area contributed by atoms with Crippen molar-refractivity contribution in [3.8, 4) is 0 Å². The molecule has 1 aromatic carbocycles. The summed E-state index contributed by atoms with van der Waals surface area (Å²) >= 11 is 4.12. The van der Waals surface area contributed by atoms with E-state index in [1.807, 2.05) is 13.0 Å². The average molecular weight is 152 g/mol. The highest BCUT2D eigenvalue weighted by atomic mass is 32.1. The number of benzene rings is 1. The number of aryl methyl sites for hydroxylation is 1. The molecule has 0 bridgehead atoms. The minimum Gasteiger partial charge on any atom is -0.298 e. The van der Waals surface area contributed by atoms with Crippen LogP contribution in [-0.2, 0) is 0 Å². The van der Waals surface area contributed by atoms with E-state index >= 15 is 0 Å². The van der Waals surface area contributed by atoms with E-state index in [4.69, 9.17) is 0 Å². The Morgan fingerprint density at radius 1 is 1.50 bits per heavy atom. The fourth-order valence-electron chi connectivity index (χ4n) is 0.792. The zero-order valence-electron chi connectivity index (χ0n) is 5.66. The van der Waals surface area contributed by atoms with Gasteiger partial charge in [0.2, 0.25) is 0 Å². The molecule has 0 aliphatic carbocycles. The van der Waals surface area contributed by atoms with E-state index in [1.54, 1.807) is 12.1 Å². The van der Waals surface area contributed by atoms with Gasteiger partial charge in [0, 0.05) is 10.5 Å². The van der Waals surface area contributed by atoms with Gasteiger partial charge in [-0.25, -0.2) is 0 Å². The second-order valence-corrected chi connectivity index (χ2v) is 2.68. The van der Waals surface area contributed by atoms with Crippen molar-refractivity contribution >= 4 is 18.9 Å². The number of thiol groups is 1. The number of rotatable bonds is 1. The number of aldehydes is 1. The zero-order valence-corrected chi connectivity index (χ0v) is 6.56. The fourth-order valence-corrected chi connectivity index (χ4v) is 1.06. The van der Waals surface area contributed by atoms with E-state index in [2.05, 4.69) is 12.6 Å². The van der Waals surface area contributed by atoms with Crippen LogP contribution >= 0.6 is 12.6 Å². The van der Waals surface area contributed by atoms with Crippen LogP contribution in [0.4, 0.5) is 0 Å². The van der Waals surface area contributed by atoms with Gasteiger partial charge in [0.1, 0.15) is 6.29 Å². The predicted octanol–water partition coefficient (Wildman–Crippen LogP) is 2.10. The summed E-state index contributed by atoms with van der Waals surface area (Å²) in [5.41, 5.74) is 1.71. The summed E-state index contributed by atoms with van der Waals surface area (Å²) in [6, 6.07) is 5.44. The summed E-state index contributed by atoms with van der Waals surface area (Å²) in [6.07, 6.45) is 0.850. The number of hydrogen-bond acceptors (Lipinski definition) is 2. The van der Waals surface area contributed by atoms with E-state index in [-0.39, 0.29) is 0 Å². The third-order valence-corrected chi connectivity index (χ3v) is 1.66. The Morgan fingerprint density at radius 2 is 2.20 bits per heavy atom. The second-order valence-electron chi connectivity index (χ2n) is 2.16. The highest BCUT2D eigenvalue weighted by molar-refractivity contribution is 7.80. The van der Waals surface area contributed by atoms with Crippen LogP contribution in [0.5, 0.6) is 0 Å². The van der Waals surface area contributed by atoms with E-state index in [9.17, 15) is 4.79 Å². The monoisotopic (exact) mass is 152 g/mol. The third kappa shape index (κ3) is 1.39. The molecule has 0 aliphatic rings. The molecule has 0 spiro atoms. The molecule has 2 heteroatoms. The molecule has 0 saturated heterocycles. The lowest BCUT2D eigenvalue weighted by atomic mass is 10.1. The van der Waals surface area contributed by atoms with Crippen molar-refractivity contribution in [3.05, 3.63) is 29.3 Å². The molecular weight excluding hydrogens is 144 g/mol. The molecule has 0 aromatic heterocycles. The van der Waals surface area contributed by atoms with Crippen LogP contribution in [0, 0.1) is 6.92 Å². The van der Waals surface area contributed by atoms with Gasteiger partial charge in [-0.2, -0.15) is 0 Å². The molecule has 0 aliphatic heterocycles. The molecule has 0 atom stereocenters. The van der Waals surface area contributed by atoms with Crippen molar-refractivity contribution in [2.45, 2.75) is 11.8 Å². The maximum absolute atomic E-state index is 10.3. The van der Waals surface area contributed by atoms with Gasteiger partial charge in [0.25, 0.3) is 0 Å². The molecule has 1 aromatic rings. The van der Waals surface area contributed by atoms with Gasteiger partial charge in [-0.3, -0.25) is 4.79 Å². The molecule has 0 fully saturated rings. The standard InChI is InChI=1S/C8H8OS/c1-6-4-8(10)3-2-7(6)5-9/h2-5,10H,1H3. The third-order valence-electron chi connectivity index (χ3n) is 1.38. The Bertz CT molecular complexity index is 255. The Hall–Kier alpha value is -0.760. The molecule has 0 heterocycles. The van der Waals surface area contributed by atoms with E-state index in [0.717, 1.165) is 22.3 Å². The van der Waals surface area contributed by atoms with Crippen molar-refractivity contribution in [2.24, 2.45) is 0 Å². The second kappa shape index (κ2) is 2.88. The minimum absolute atomic E-state index is 0.734. The first-order chi connectivity index (χ1) is 4.74. The van der Waals surface area contributed by atoms with Crippen molar-refractivity contribution in [3.63, 3.8) is 0 Å². The van der Waals surface area contributed by atoms with Crippen molar-refractivity contribution < 1.29 is 4.79 Å². The smallest absolute Gasteiger partial charge is 0.150 e.